The van der Waals surface area contributed by atoms with Gasteiger partial charge in [0.15, 0.2) is 0 Å². The molecule has 1 aromatic carbocycles. The highest BCUT2D eigenvalue weighted by atomic mass is 16.6. The summed E-state index contributed by atoms with van der Waals surface area (Å²) in [5.41, 5.74) is 1.94. The van der Waals surface area contributed by atoms with Gasteiger partial charge in [-0.05, 0) is 65.0 Å². The Bertz CT molecular complexity index is 1340. The Labute approximate surface area is 209 Å². The summed E-state index contributed by atoms with van der Waals surface area (Å²) in [5, 5.41) is 8.55. The Morgan fingerprint density at radius 2 is 1.78 bits per heavy atom. The number of aromatic amines is 1. The van der Waals surface area contributed by atoms with Crippen molar-refractivity contribution in [3.8, 4) is 0 Å². The van der Waals surface area contributed by atoms with Crippen LogP contribution in [0, 0.1) is 0 Å². The molecule has 192 valence electrons. The van der Waals surface area contributed by atoms with Crippen molar-refractivity contribution < 1.29 is 14.3 Å². The number of urea groups is 1. The second-order valence-electron chi connectivity index (χ2n) is 10.7. The van der Waals surface area contributed by atoms with Gasteiger partial charge in [0.2, 0.25) is 0 Å². The van der Waals surface area contributed by atoms with Crippen molar-refractivity contribution in [3.05, 3.63) is 40.3 Å². The Hall–Kier alpha value is -3.56. The van der Waals surface area contributed by atoms with Crippen molar-refractivity contribution in [2.75, 3.05) is 31.5 Å². The van der Waals surface area contributed by atoms with E-state index in [0.717, 1.165) is 38.0 Å². The van der Waals surface area contributed by atoms with Crippen LogP contribution in [0.15, 0.2) is 29.1 Å². The number of anilines is 1. The lowest BCUT2D eigenvalue weighted by molar-refractivity contribution is 0.0203. The number of carbonyl (C=O) groups excluding carboxylic acids is 2. The molecular weight excluding hydrogens is 460 g/mol. The van der Waals surface area contributed by atoms with Crippen molar-refractivity contribution >= 4 is 34.4 Å². The average molecular weight is 495 g/mol. The number of hydrogen-bond acceptors (Lipinski definition) is 5. The first-order chi connectivity index (χ1) is 17.2. The van der Waals surface area contributed by atoms with Gasteiger partial charge in [0.05, 0.1) is 22.3 Å². The summed E-state index contributed by atoms with van der Waals surface area (Å²) in [7, 11) is 0. The van der Waals surface area contributed by atoms with E-state index in [4.69, 9.17) is 9.84 Å². The average Bonchev–Trinajstić information content (AvgIpc) is 3.22. The molecule has 0 saturated carbocycles. The molecule has 2 aliphatic heterocycles. The van der Waals surface area contributed by atoms with Gasteiger partial charge in [-0.3, -0.25) is 4.79 Å². The first-order valence-corrected chi connectivity index (χ1v) is 12.8. The molecule has 2 saturated heterocycles. The normalized spacial score (nSPS) is 17.5. The van der Waals surface area contributed by atoms with Gasteiger partial charge < -0.3 is 24.8 Å². The predicted octanol–water partition coefficient (Wildman–Crippen LogP) is 4.31. The monoisotopic (exact) mass is 494 g/mol. The quantitative estimate of drug-likeness (QED) is 0.551. The smallest absolute Gasteiger partial charge is 0.410 e. The number of fused-ring (bicyclic) bond motifs is 3. The highest BCUT2D eigenvalue weighted by Gasteiger charge is 2.29. The fourth-order valence-electron chi connectivity index (χ4n) is 5.16. The molecule has 2 aliphatic rings. The van der Waals surface area contributed by atoms with Crippen LogP contribution in [-0.2, 0) is 4.74 Å². The molecule has 10 nitrogen and oxygen atoms in total. The van der Waals surface area contributed by atoms with E-state index in [1.807, 2.05) is 43.9 Å². The van der Waals surface area contributed by atoms with Crippen molar-refractivity contribution in [2.45, 2.75) is 64.4 Å². The number of nitrogens with zero attached hydrogens (tertiary/aromatic N) is 4. The van der Waals surface area contributed by atoms with E-state index in [9.17, 15) is 14.4 Å². The number of benzene rings is 1. The summed E-state index contributed by atoms with van der Waals surface area (Å²) in [6.07, 6.45) is 4.26. The number of H-pyrrole nitrogens is 1. The largest absolute Gasteiger partial charge is 0.444 e. The maximum atomic E-state index is 12.9. The maximum Gasteiger partial charge on any atom is 0.410 e. The number of aromatic nitrogens is 3. The molecule has 5 rings (SSSR count). The van der Waals surface area contributed by atoms with Crippen LogP contribution < -0.4 is 10.9 Å². The van der Waals surface area contributed by atoms with Crippen LogP contribution in [0.5, 0.6) is 0 Å². The Morgan fingerprint density at radius 3 is 2.47 bits per heavy atom. The molecule has 0 atom stereocenters. The zero-order valence-electron chi connectivity index (χ0n) is 21.2. The summed E-state index contributed by atoms with van der Waals surface area (Å²) < 4.78 is 7.30. The fourth-order valence-corrected chi connectivity index (χ4v) is 5.16. The van der Waals surface area contributed by atoms with Crippen LogP contribution in [0.3, 0.4) is 0 Å². The van der Waals surface area contributed by atoms with E-state index in [0.29, 0.717) is 48.2 Å². The third-order valence-corrected chi connectivity index (χ3v) is 6.91. The molecule has 2 N–H and O–H groups in total. The number of nitrogens with one attached hydrogen (secondary N) is 2. The van der Waals surface area contributed by atoms with Crippen molar-refractivity contribution in [3.63, 3.8) is 0 Å². The van der Waals surface area contributed by atoms with Gasteiger partial charge in [-0.15, -0.1) is 0 Å². The Kier molecular flexibility index (Phi) is 6.36. The number of hydrogen-bond donors (Lipinski definition) is 2. The molecule has 2 fully saturated rings. The third-order valence-electron chi connectivity index (χ3n) is 6.91. The minimum absolute atomic E-state index is 0.0641. The summed E-state index contributed by atoms with van der Waals surface area (Å²) in [6, 6.07) is 7.05. The van der Waals surface area contributed by atoms with Crippen LogP contribution in [0.25, 0.3) is 16.6 Å². The molecule has 3 aromatic rings. The van der Waals surface area contributed by atoms with Gasteiger partial charge in [-0.1, -0.05) is 6.07 Å². The van der Waals surface area contributed by atoms with Gasteiger partial charge in [0.1, 0.15) is 11.2 Å². The van der Waals surface area contributed by atoms with E-state index >= 15 is 0 Å². The van der Waals surface area contributed by atoms with Crippen molar-refractivity contribution in [2.24, 2.45) is 0 Å². The fraction of sp³-hybridized carbons (Fsp3) is 0.538. The number of amides is 3. The van der Waals surface area contributed by atoms with Gasteiger partial charge in [0.25, 0.3) is 5.56 Å². The lowest BCUT2D eigenvalue weighted by Gasteiger charge is -2.33. The number of carbonyl (C=O) groups is 2. The predicted molar refractivity (Wildman–Crippen MR) is 138 cm³/mol. The molecule has 0 unspecified atom stereocenters. The van der Waals surface area contributed by atoms with E-state index < -0.39 is 5.60 Å². The first-order valence-electron chi connectivity index (χ1n) is 12.8. The van der Waals surface area contributed by atoms with Crippen LogP contribution in [0.1, 0.15) is 64.5 Å². The highest BCUT2D eigenvalue weighted by Crippen LogP contribution is 2.32. The molecular formula is C26H34N6O4. The first kappa shape index (κ1) is 24.1. The molecule has 0 spiro atoms. The van der Waals surface area contributed by atoms with E-state index in [2.05, 4.69) is 10.3 Å². The summed E-state index contributed by atoms with van der Waals surface area (Å²) in [6.45, 7) is 8.17. The Balaban J connectivity index is 1.43. The SMILES string of the molecule is CC(C)(C)OC(=O)N1CCC(c2cc(=O)[nH]c3c4c(NC(=O)N5CCCCC5)cccc4nn23)CC1. The molecule has 36 heavy (non-hydrogen) atoms. The number of ether oxygens (including phenoxy) is 1. The summed E-state index contributed by atoms with van der Waals surface area (Å²) in [4.78, 5) is 44.6. The van der Waals surface area contributed by atoms with Crippen LogP contribution in [-0.4, -0.2) is 68.3 Å². The maximum absolute atomic E-state index is 12.9. The van der Waals surface area contributed by atoms with Crippen molar-refractivity contribution in [1.82, 2.24) is 24.4 Å². The van der Waals surface area contributed by atoms with Gasteiger partial charge in [-0.2, -0.15) is 5.10 Å². The lowest BCUT2D eigenvalue weighted by atomic mass is 9.93. The minimum atomic E-state index is -0.539. The topological polar surface area (TPSA) is 112 Å². The number of rotatable bonds is 2. The molecule has 0 bridgehead atoms. The second-order valence-corrected chi connectivity index (χ2v) is 10.7. The highest BCUT2D eigenvalue weighted by molar-refractivity contribution is 6.07. The Morgan fingerprint density at radius 1 is 1.06 bits per heavy atom. The van der Waals surface area contributed by atoms with Crippen LogP contribution in [0.4, 0.5) is 15.3 Å². The molecule has 2 aromatic heterocycles. The van der Waals surface area contributed by atoms with Gasteiger partial charge >= 0.3 is 12.1 Å². The summed E-state index contributed by atoms with van der Waals surface area (Å²) in [5.74, 6) is 0.0641. The zero-order valence-corrected chi connectivity index (χ0v) is 21.2. The van der Waals surface area contributed by atoms with Crippen LogP contribution in [0.2, 0.25) is 0 Å². The molecule has 4 heterocycles. The number of piperidine rings is 2. The van der Waals surface area contributed by atoms with E-state index in [1.54, 1.807) is 15.5 Å². The standard InChI is InChI=1S/C26H34N6O4/c1-26(2,3)36-25(35)31-14-10-17(11-15-31)20-16-21(33)28-23-22-18(8-7-9-19(22)29-32(20)23)27-24(34)30-12-5-4-6-13-30/h7-9,16-17H,4-6,10-15H2,1-3H3,(H,27,34)(H,28,33). The molecule has 0 radical (unpaired) electrons. The molecule has 0 aliphatic carbocycles. The number of likely N-dealkylation sites (tertiary alicyclic amines) is 2. The van der Waals surface area contributed by atoms with E-state index in [1.165, 1.54) is 0 Å². The van der Waals surface area contributed by atoms with E-state index in [-0.39, 0.29) is 23.6 Å². The molecule has 10 heteroatoms. The second kappa shape index (κ2) is 9.48. The summed E-state index contributed by atoms with van der Waals surface area (Å²) >= 11 is 0. The lowest BCUT2D eigenvalue weighted by Crippen LogP contribution is -2.41. The zero-order chi connectivity index (χ0) is 25.4. The van der Waals surface area contributed by atoms with Gasteiger partial charge in [0, 0.05) is 38.2 Å². The molecule has 3 amide bonds. The third kappa shape index (κ3) is 4.89. The van der Waals surface area contributed by atoms with Crippen LogP contribution >= 0.6 is 0 Å². The van der Waals surface area contributed by atoms with Gasteiger partial charge in [-0.25, -0.2) is 14.1 Å². The van der Waals surface area contributed by atoms with Crippen molar-refractivity contribution in [1.29, 1.82) is 0 Å². The minimum Gasteiger partial charge on any atom is -0.444 e.